The van der Waals surface area contributed by atoms with Crippen molar-refractivity contribution in [2.24, 2.45) is 0 Å². The summed E-state index contributed by atoms with van der Waals surface area (Å²) in [6.45, 7) is 3.52. The summed E-state index contributed by atoms with van der Waals surface area (Å²) in [5.41, 5.74) is 2.64. The maximum Gasteiger partial charge on any atom is 0.236 e. The molecule has 1 aromatic carbocycles. The molecule has 2 aliphatic rings. The standard InChI is InChI=1S/C25H30N4OS2/c1-18(24(30)28-14-13-19-8-5-6-9-20(19)17-28)32-25-27-26-23(16-22-12-7-15-31-22)29(25)21-10-3-2-4-11-21/h5-9,12,15,18,21H,2-4,10-11,13-14,16-17H2,1H3/t18-/m1/s1. The summed E-state index contributed by atoms with van der Waals surface area (Å²) in [5, 5.41) is 12.0. The zero-order valence-electron chi connectivity index (χ0n) is 18.6. The predicted molar refractivity (Wildman–Crippen MR) is 130 cm³/mol. The van der Waals surface area contributed by atoms with Crippen molar-refractivity contribution in [1.29, 1.82) is 0 Å². The van der Waals surface area contributed by atoms with Crippen LogP contribution in [0.25, 0.3) is 0 Å². The van der Waals surface area contributed by atoms with Gasteiger partial charge in [0.2, 0.25) is 5.91 Å². The lowest BCUT2D eigenvalue weighted by atomic mass is 9.95. The van der Waals surface area contributed by atoms with Crippen LogP contribution >= 0.6 is 23.1 Å². The summed E-state index contributed by atoms with van der Waals surface area (Å²) in [6.07, 6.45) is 7.92. The Morgan fingerprint density at radius 3 is 2.72 bits per heavy atom. The van der Waals surface area contributed by atoms with E-state index in [0.29, 0.717) is 12.6 Å². The number of aromatic nitrogens is 3. The van der Waals surface area contributed by atoms with Gasteiger partial charge >= 0.3 is 0 Å². The van der Waals surface area contributed by atoms with E-state index < -0.39 is 0 Å². The first-order chi connectivity index (χ1) is 15.7. The number of nitrogens with zero attached hydrogens (tertiary/aromatic N) is 4. The third-order valence-corrected chi connectivity index (χ3v) is 8.58. The predicted octanol–water partition coefficient (Wildman–Crippen LogP) is 5.50. The fraction of sp³-hybridized carbons (Fsp3) is 0.480. The number of hydrogen-bond acceptors (Lipinski definition) is 5. The Morgan fingerprint density at radius 1 is 1.12 bits per heavy atom. The third-order valence-electron chi connectivity index (χ3n) is 6.66. The molecule has 0 N–H and O–H groups in total. The minimum Gasteiger partial charge on any atom is -0.337 e. The van der Waals surface area contributed by atoms with Crippen LogP contribution in [0.3, 0.4) is 0 Å². The van der Waals surface area contributed by atoms with E-state index in [2.05, 4.69) is 56.5 Å². The van der Waals surface area contributed by atoms with Crippen LogP contribution in [-0.4, -0.2) is 37.4 Å². The maximum atomic E-state index is 13.3. The average Bonchev–Trinajstić information content (AvgIpc) is 3.49. The molecule has 3 aromatic rings. The lowest BCUT2D eigenvalue weighted by molar-refractivity contribution is -0.131. The van der Waals surface area contributed by atoms with Crippen molar-refractivity contribution in [3.63, 3.8) is 0 Å². The second-order valence-corrected chi connectivity index (χ2v) is 11.2. The van der Waals surface area contributed by atoms with E-state index in [1.54, 1.807) is 23.1 Å². The van der Waals surface area contributed by atoms with Crippen molar-refractivity contribution in [1.82, 2.24) is 19.7 Å². The molecule has 3 heterocycles. The number of amides is 1. The Morgan fingerprint density at radius 2 is 1.94 bits per heavy atom. The van der Waals surface area contributed by atoms with Gasteiger partial charge in [-0.3, -0.25) is 4.79 Å². The fourth-order valence-electron chi connectivity index (χ4n) is 4.93. The molecule has 1 atom stereocenters. The molecule has 0 spiro atoms. The van der Waals surface area contributed by atoms with E-state index in [9.17, 15) is 4.79 Å². The molecule has 1 aliphatic heterocycles. The SMILES string of the molecule is C[C@@H](Sc1nnc(Cc2cccs2)n1C1CCCCC1)C(=O)N1CCc2ccccc2C1. The number of hydrogen-bond donors (Lipinski definition) is 0. The van der Waals surface area contributed by atoms with Crippen LogP contribution in [0.4, 0.5) is 0 Å². The van der Waals surface area contributed by atoms with Crippen LogP contribution < -0.4 is 0 Å². The van der Waals surface area contributed by atoms with Gasteiger partial charge in [-0.05, 0) is 48.8 Å². The van der Waals surface area contributed by atoms with Crippen LogP contribution in [-0.2, 0) is 24.2 Å². The molecule has 5 rings (SSSR count). The maximum absolute atomic E-state index is 13.3. The molecule has 0 unspecified atom stereocenters. The third kappa shape index (κ3) is 4.64. The van der Waals surface area contributed by atoms with Gasteiger partial charge in [0.1, 0.15) is 5.82 Å². The second-order valence-electron chi connectivity index (χ2n) is 8.86. The highest BCUT2D eigenvalue weighted by Crippen LogP contribution is 2.35. The summed E-state index contributed by atoms with van der Waals surface area (Å²) in [4.78, 5) is 16.6. The molecule has 32 heavy (non-hydrogen) atoms. The minimum atomic E-state index is -0.179. The van der Waals surface area contributed by atoms with E-state index in [0.717, 1.165) is 30.4 Å². The topological polar surface area (TPSA) is 51.0 Å². The Labute approximate surface area is 198 Å². The zero-order chi connectivity index (χ0) is 21.9. The van der Waals surface area contributed by atoms with E-state index in [1.807, 2.05) is 11.8 Å². The van der Waals surface area contributed by atoms with Crippen LogP contribution in [0.2, 0.25) is 0 Å². The van der Waals surface area contributed by atoms with E-state index >= 15 is 0 Å². The molecule has 5 nitrogen and oxygen atoms in total. The number of fused-ring (bicyclic) bond motifs is 1. The summed E-state index contributed by atoms with van der Waals surface area (Å²) in [7, 11) is 0. The molecule has 0 bridgehead atoms. The quantitative estimate of drug-likeness (QED) is 0.450. The van der Waals surface area contributed by atoms with Gasteiger partial charge < -0.3 is 9.47 Å². The van der Waals surface area contributed by atoms with Gasteiger partial charge in [0.05, 0.1) is 5.25 Å². The van der Waals surface area contributed by atoms with Gasteiger partial charge in [0.25, 0.3) is 0 Å². The number of rotatable bonds is 6. The normalized spacial score (nSPS) is 17.8. The molecule has 0 radical (unpaired) electrons. The molecular formula is C25H30N4OS2. The van der Waals surface area contributed by atoms with Crippen molar-refractivity contribution in [3.8, 4) is 0 Å². The number of carbonyl (C=O) groups excluding carboxylic acids is 1. The number of carbonyl (C=O) groups is 1. The monoisotopic (exact) mass is 466 g/mol. The minimum absolute atomic E-state index is 0.179. The molecule has 0 saturated heterocycles. The van der Waals surface area contributed by atoms with Gasteiger partial charge in [-0.15, -0.1) is 21.5 Å². The highest BCUT2D eigenvalue weighted by atomic mass is 32.2. The first-order valence-electron chi connectivity index (χ1n) is 11.7. The summed E-state index contributed by atoms with van der Waals surface area (Å²) < 4.78 is 2.36. The molecule has 2 aromatic heterocycles. The van der Waals surface area contributed by atoms with Crippen molar-refractivity contribution < 1.29 is 4.79 Å². The highest BCUT2D eigenvalue weighted by Gasteiger charge is 2.29. The average molecular weight is 467 g/mol. The number of thiophene rings is 1. The Bertz CT molecular complexity index is 1060. The van der Waals surface area contributed by atoms with Crippen molar-refractivity contribution in [2.75, 3.05) is 6.54 Å². The van der Waals surface area contributed by atoms with E-state index in [4.69, 9.17) is 0 Å². The second kappa shape index (κ2) is 9.79. The molecule has 1 fully saturated rings. The smallest absolute Gasteiger partial charge is 0.236 e. The van der Waals surface area contributed by atoms with Crippen LogP contribution in [0.1, 0.15) is 66.9 Å². The lowest BCUT2D eigenvalue weighted by Gasteiger charge is -2.31. The molecule has 1 aliphatic carbocycles. The molecule has 7 heteroatoms. The van der Waals surface area contributed by atoms with Gasteiger partial charge in [0, 0.05) is 30.4 Å². The molecule has 1 amide bonds. The van der Waals surface area contributed by atoms with Gasteiger partial charge in [-0.1, -0.05) is 61.4 Å². The zero-order valence-corrected chi connectivity index (χ0v) is 20.2. The Balaban J connectivity index is 1.33. The van der Waals surface area contributed by atoms with Crippen LogP contribution in [0.5, 0.6) is 0 Å². The first-order valence-corrected chi connectivity index (χ1v) is 13.4. The van der Waals surface area contributed by atoms with Crippen LogP contribution in [0, 0.1) is 0 Å². The van der Waals surface area contributed by atoms with Crippen LogP contribution in [0.15, 0.2) is 46.9 Å². The first kappa shape index (κ1) is 21.7. The summed E-state index contributed by atoms with van der Waals surface area (Å²) in [5.74, 6) is 1.23. The molecule has 168 valence electrons. The highest BCUT2D eigenvalue weighted by molar-refractivity contribution is 8.00. The summed E-state index contributed by atoms with van der Waals surface area (Å²) >= 11 is 3.35. The fourth-order valence-corrected chi connectivity index (χ4v) is 6.66. The largest absolute Gasteiger partial charge is 0.337 e. The number of benzene rings is 1. The van der Waals surface area contributed by atoms with Crippen molar-refractivity contribution in [3.05, 3.63) is 63.6 Å². The van der Waals surface area contributed by atoms with E-state index in [-0.39, 0.29) is 11.2 Å². The van der Waals surface area contributed by atoms with Gasteiger partial charge in [-0.2, -0.15) is 0 Å². The molecule has 1 saturated carbocycles. The summed E-state index contributed by atoms with van der Waals surface area (Å²) in [6, 6.07) is 13.2. The lowest BCUT2D eigenvalue weighted by Crippen LogP contribution is -2.40. The number of thioether (sulfide) groups is 1. The van der Waals surface area contributed by atoms with Gasteiger partial charge in [-0.25, -0.2) is 0 Å². The van der Waals surface area contributed by atoms with Gasteiger partial charge in [0.15, 0.2) is 5.16 Å². The van der Waals surface area contributed by atoms with Crippen molar-refractivity contribution >= 4 is 29.0 Å². The van der Waals surface area contributed by atoms with Crippen molar-refractivity contribution in [2.45, 2.75) is 74.9 Å². The molecular weight excluding hydrogens is 436 g/mol. The Kier molecular flexibility index (Phi) is 6.64. The van der Waals surface area contributed by atoms with E-state index in [1.165, 1.54) is 48.1 Å². The Hall–Kier alpha value is -2.12.